The number of hydrogen-bond acceptors (Lipinski definition) is 5. The highest BCUT2D eigenvalue weighted by Gasteiger charge is 2.27. The molecule has 0 radical (unpaired) electrons. The Morgan fingerprint density at radius 2 is 1.75 bits per heavy atom. The number of carbonyl (C=O) groups excluding carboxylic acids is 1. The molecule has 2 fully saturated rings. The van der Waals surface area contributed by atoms with E-state index in [0.29, 0.717) is 17.3 Å². The number of hydrogen-bond donors (Lipinski definition) is 2. The van der Waals surface area contributed by atoms with E-state index in [0.717, 1.165) is 72.5 Å². The molecule has 1 aliphatic carbocycles. The summed E-state index contributed by atoms with van der Waals surface area (Å²) in [4.78, 5) is 12.5. The average Bonchev–Trinajstić information content (AvgIpc) is 3.20. The van der Waals surface area contributed by atoms with Gasteiger partial charge in [0, 0.05) is 35.5 Å². The van der Waals surface area contributed by atoms with Crippen LogP contribution in [0.5, 0.6) is 5.75 Å². The summed E-state index contributed by atoms with van der Waals surface area (Å²) in [5, 5.41) is 3.77. The second-order valence-electron chi connectivity index (χ2n) is 10.6. The Morgan fingerprint density at radius 3 is 2.42 bits per heavy atom. The Bertz CT molecular complexity index is 1490. The van der Waals surface area contributed by atoms with Gasteiger partial charge in [0.15, 0.2) is 0 Å². The summed E-state index contributed by atoms with van der Waals surface area (Å²) in [5.74, 6) is 0.498. The van der Waals surface area contributed by atoms with E-state index in [1.54, 1.807) is 19.1 Å². The predicted octanol–water partition coefficient (Wildman–Crippen LogP) is 7.62. The van der Waals surface area contributed by atoms with E-state index in [1.807, 2.05) is 30.3 Å². The molecule has 3 N–H and O–H groups in total. The zero-order valence-electron chi connectivity index (χ0n) is 22.6. The van der Waals surface area contributed by atoms with Crippen molar-refractivity contribution in [3.63, 3.8) is 0 Å². The highest BCUT2D eigenvalue weighted by atomic mass is 19.1. The molecular formula is C32H34FN3O4. The number of rotatable bonds is 7. The molecule has 0 spiro atoms. The second-order valence-corrected chi connectivity index (χ2v) is 10.6. The number of ether oxygens (including phenoxy) is 3. The van der Waals surface area contributed by atoms with E-state index in [-0.39, 0.29) is 11.9 Å². The Labute approximate surface area is 233 Å². The van der Waals surface area contributed by atoms with E-state index in [4.69, 9.17) is 19.9 Å². The fourth-order valence-corrected chi connectivity index (χ4v) is 5.52. The number of fused-ring (bicyclic) bond motifs is 1. The molecule has 1 unspecified atom stereocenters. The lowest BCUT2D eigenvalue weighted by atomic mass is 9.92. The zero-order chi connectivity index (χ0) is 27.6. The van der Waals surface area contributed by atoms with Gasteiger partial charge in [-0.25, -0.2) is 9.18 Å². The van der Waals surface area contributed by atoms with Gasteiger partial charge < -0.3 is 24.5 Å². The lowest BCUT2D eigenvalue weighted by Crippen LogP contribution is -2.25. The first-order valence-corrected chi connectivity index (χ1v) is 14.0. The topological polar surface area (TPSA) is 87.7 Å². The maximum atomic E-state index is 13.2. The van der Waals surface area contributed by atoms with E-state index in [1.165, 1.54) is 18.6 Å². The number of benzene rings is 3. The molecule has 1 aromatic heterocycles. The van der Waals surface area contributed by atoms with Crippen LogP contribution in [0, 0.1) is 5.82 Å². The van der Waals surface area contributed by atoms with Crippen molar-refractivity contribution in [3.05, 3.63) is 78.1 Å². The van der Waals surface area contributed by atoms with E-state index in [2.05, 4.69) is 22.0 Å². The molecule has 0 bridgehead atoms. The molecule has 7 nitrogen and oxygen atoms in total. The van der Waals surface area contributed by atoms with Crippen molar-refractivity contribution in [1.82, 2.24) is 4.57 Å². The molecule has 1 amide bonds. The fraction of sp³-hybridized carbons (Fsp3) is 0.344. The Balaban J connectivity index is 1.22. The van der Waals surface area contributed by atoms with Gasteiger partial charge in [-0.3, -0.25) is 5.32 Å². The number of anilines is 2. The zero-order valence-corrected chi connectivity index (χ0v) is 22.6. The standard InChI is InChI=1S/C32H34FN3O4/c1-20(21-5-9-23(33)10-6-21)39-32(37)35-24-11-7-22(8-12-24)31-30(34)28-19-27(40-26-15-17-38-18-16-26)13-14-29(28)36(31)25-3-2-4-25/h5-14,19-20,25-26H,2-4,15-18,34H2,1H3,(H,35,37). The lowest BCUT2D eigenvalue weighted by Gasteiger charge is -2.30. The van der Waals surface area contributed by atoms with E-state index < -0.39 is 12.2 Å². The smallest absolute Gasteiger partial charge is 0.412 e. The molecule has 1 saturated heterocycles. The molecular weight excluding hydrogens is 509 g/mol. The summed E-state index contributed by atoms with van der Waals surface area (Å²) in [6.45, 7) is 3.21. The number of aromatic nitrogens is 1. The number of amides is 1. The van der Waals surface area contributed by atoms with Crippen molar-refractivity contribution in [2.75, 3.05) is 24.3 Å². The molecule has 6 rings (SSSR count). The van der Waals surface area contributed by atoms with Gasteiger partial charge in [0.1, 0.15) is 23.8 Å². The minimum atomic E-state index is -0.579. The summed E-state index contributed by atoms with van der Waals surface area (Å²) in [6.07, 6.45) is 4.29. The minimum Gasteiger partial charge on any atom is -0.490 e. The summed E-state index contributed by atoms with van der Waals surface area (Å²) < 4.78 is 32.8. The number of nitrogens with two attached hydrogens (primary N) is 1. The number of carbonyl (C=O) groups is 1. The molecule has 208 valence electrons. The van der Waals surface area contributed by atoms with Gasteiger partial charge in [0.2, 0.25) is 0 Å². The third-order valence-electron chi connectivity index (χ3n) is 7.95. The molecule has 1 aliphatic heterocycles. The average molecular weight is 544 g/mol. The minimum absolute atomic E-state index is 0.158. The maximum Gasteiger partial charge on any atom is 0.412 e. The molecule has 1 saturated carbocycles. The summed E-state index contributed by atoms with van der Waals surface area (Å²) in [7, 11) is 0. The van der Waals surface area contributed by atoms with Gasteiger partial charge in [0.05, 0.1) is 30.1 Å². The first-order valence-electron chi connectivity index (χ1n) is 14.0. The monoisotopic (exact) mass is 543 g/mol. The van der Waals surface area contributed by atoms with Gasteiger partial charge in [-0.05, 0) is 74.2 Å². The number of nitrogen functional groups attached to an aromatic ring is 1. The molecule has 8 heteroatoms. The summed E-state index contributed by atoms with van der Waals surface area (Å²) in [5.41, 5.74) is 11.9. The number of nitrogens with one attached hydrogen (secondary N) is 1. The van der Waals surface area contributed by atoms with Crippen molar-refractivity contribution in [1.29, 1.82) is 0 Å². The maximum absolute atomic E-state index is 13.2. The number of halogens is 1. The van der Waals surface area contributed by atoms with Crippen LogP contribution in [-0.2, 0) is 9.47 Å². The van der Waals surface area contributed by atoms with Gasteiger partial charge in [0.25, 0.3) is 0 Å². The first-order chi connectivity index (χ1) is 19.5. The van der Waals surface area contributed by atoms with Crippen molar-refractivity contribution in [2.45, 2.75) is 57.3 Å². The largest absolute Gasteiger partial charge is 0.490 e. The Morgan fingerprint density at radius 1 is 1.02 bits per heavy atom. The van der Waals surface area contributed by atoms with Crippen LogP contribution < -0.4 is 15.8 Å². The quantitative estimate of drug-likeness (QED) is 0.250. The van der Waals surface area contributed by atoms with E-state index >= 15 is 0 Å². The SMILES string of the molecule is CC(OC(=O)Nc1ccc(-c2c(N)c3cc(OC4CCOCC4)ccc3n2C2CCC2)cc1)c1ccc(F)cc1. The Kier molecular flexibility index (Phi) is 7.34. The molecule has 2 aliphatic rings. The van der Waals surface area contributed by atoms with E-state index in [9.17, 15) is 9.18 Å². The van der Waals surface area contributed by atoms with Crippen molar-refractivity contribution >= 4 is 28.4 Å². The van der Waals surface area contributed by atoms with Crippen LogP contribution in [-0.4, -0.2) is 30.0 Å². The van der Waals surface area contributed by atoms with Crippen LogP contribution in [0.15, 0.2) is 66.7 Å². The van der Waals surface area contributed by atoms with Gasteiger partial charge >= 0.3 is 6.09 Å². The van der Waals surface area contributed by atoms with Crippen molar-refractivity contribution in [3.8, 4) is 17.0 Å². The predicted molar refractivity (Wildman–Crippen MR) is 154 cm³/mol. The van der Waals surface area contributed by atoms with Crippen molar-refractivity contribution in [2.24, 2.45) is 0 Å². The molecule has 2 heterocycles. The van der Waals surface area contributed by atoms with Gasteiger partial charge in [-0.1, -0.05) is 24.3 Å². The van der Waals surface area contributed by atoms with Gasteiger partial charge in [-0.15, -0.1) is 0 Å². The van der Waals surface area contributed by atoms with Crippen LogP contribution in [0.25, 0.3) is 22.2 Å². The van der Waals surface area contributed by atoms with Crippen LogP contribution in [0.4, 0.5) is 20.6 Å². The van der Waals surface area contributed by atoms with Crippen LogP contribution in [0.2, 0.25) is 0 Å². The normalized spacial score (nSPS) is 16.9. The third kappa shape index (κ3) is 5.36. The molecule has 40 heavy (non-hydrogen) atoms. The fourth-order valence-electron chi connectivity index (χ4n) is 5.52. The van der Waals surface area contributed by atoms with Crippen molar-refractivity contribution < 1.29 is 23.4 Å². The highest BCUT2D eigenvalue weighted by molar-refractivity contribution is 6.02. The van der Waals surface area contributed by atoms with Crippen LogP contribution in [0.3, 0.4) is 0 Å². The summed E-state index contributed by atoms with van der Waals surface area (Å²) in [6, 6.07) is 20.2. The molecule has 3 aromatic carbocycles. The van der Waals surface area contributed by atoms with Crippen LogP contribution in [0.1, 0.15) is 56.7 Å². The first kappa shape index (κ1) is 26.2. The van der Waals surface area contributed by atoms with Crippen LogP contribution >= 0.6 is 0 Å². The molecule has 4 aromatic rings. The lowest BCUT2D eigenvalue weighted by molar-refractivity contribution is 0.0256. The third-order valence-corrected chi connectivity index (χ3v) is 7.95. The Hall–Kier alpha value is -4.04. The number of nitrogens with zero attached hydrogens (tertiary/aromatic N) is 1. The van der Waals surface area contributed by atoms with Gasteiger partial charge in [-0.2, -0.15) is 0 Å². The molecule has 1 atom stereocenters. The second kappa shape index (κ2) is 11.2. The highest BCUT2D eigenvalue weighted by Crippen LogP contribution is 2.45. The summed E-state index contributed by atoms with van der Waals surface area (Å²) >= 11 is 0.